The molecule has 4 rings (SSSR count). The summed E-state index contributed by atoms with van der Waals surface area (Å²) in [6, 6.07) is 4.75. The topological polar surface area (TPSA) is 85.0 Å². The summed E-state index contributed by atoms with van der Waals surface area (Å²) in [6.07, 6.45) is 7.39. The first-order valence-electron chi connectivity index (χ1n) is 9.09. The number of rotatable bonds is 7. The van der Waals surface area contributed by atoms with Gasteiger partial charge in [0.05, 0.1) is 0 Å². The SMILES string of the molecule is Cn1cccc1CCC(=O)NC1CC(c2nnc(CO)n2C2CC2)C1. The highest BCUT2D eigenvalue weighted by Gasteiger charge is 2.38. The summed E-state index contributed by atoms with van der Waals surface area (Å²) in [7, 11) is 2.00. The quantitative estimate of drug-likeness (QED) is 0.797. The standard InChI is InChI=1S/C18H25N5O2/c1-22-8-2-3-14(22)6-7-17(25)19-13-9-12(10-13)18-21-20-16(11-24)23(18)15-4-5-15/h2-3,8,12-13,15,24H,4-7,9-11H2,1H3,(H,19,25). The zero-order valence-corrected chi connectivity index (χ0v) is 14.6. The summed E-state index contributed by atoms with van der Waals surface area (Å²) < 4.78 is 4.17. The predicted octanol–water partition coefficient (Wildman–Crippen LogP) is 1.44. The molecule has 134 valence electrons. The molecule has 2 heterocycles. The zero-order chi connectivity index (χ0) is 17.4. The van der Waals surface area contributed by atoms with Gasteiger partial charge in [-0.25, -0.2) is 0 Å². The maximum absolute atomic E-state index is 12.1. The minimum absolute atomic E-state index is 0.0600. The lowest BCUT2D eigenvalue weighted by Gasteiger charge is -2.35. The summed E-state index contributed by atoms with van der Waals surface area (Å²) in [5, 5.41) is 21.0. The lowest BCUT2D eigenvalue weighted by molar-refractivity contribution is -0.122. The maximum atomic E-state index is 12.1. The Kier molecular flexibility index (Phi) is 4.33. The van der Waals surface area contributed by atoms with E-state index in [1.807, 2.05) is 19.3 Å². The third-order valence-corrected chi connectivity index (χ3v) is 5.37. The van der Waals surface area contributed by atoms with E-state index < -0.39 is 0 Å². The second kappa shape index (κ2) is 6.63. The zero-order valence-electron chi connectivity index (χ0n) is 14.6. The Labute approximate surface area is 147 Å². The smallest absolute Gasteiger partial charge is 0.220 e. The fraction of sp³-hybridized carbons (Fsp3) is 0.611. The highest BCUT2D eigenvalue weighted by atomic mass is 16.3. The third-order valence-electron chi connectivity index (χ3n) is 5.37. The lowest BCUT2D eigenvalue weighted by atomic mass is 9.79. The first-order valence-corrected chi connectivity index (χ1v) is 9.09. The van der Waals surface area contributed by atoms with Crippen LogP contribution in [-0.2, 0) is 24.9 Å². The molecule has 0 unspecified atom stereocenters. The predicted molar refractivity (Wildman–Crippen MR) is 91.9 cm³/mol. The summed E-state index contributed by atoms with van der Waals surface area (Å²) in [5.41, 5.74) is 1.18. The van der Waals surface area contributed by atoms with E-state index in [0.29, 0.717) is 24.2 Å². The summed E-state index contributed by atoms with van der Waals surface area (Å²) in [4.78, 5) is 12.1. The molecule has 2 aliphatic rings. The van der Waals surface area contributed by atoms with Crippen LogP contribution in [0.15, 0.2) is 18.3 Å². The number of carbonyl (C=O) groups excluding carboxylic acids is 1. The van der Waals surface area contributed by atoms with E-state index in [1.54, 1.807) is 0 Å². The van der Waals surface area contributed by atoms with Gasteiger partial charge in [0, 0.05) is 43.4 Å². The average molecular weight is 343 g/mol. The van der Waals surface area contributed by atoms with Crippen molar-refractivity contribution in [3.05, 3.63) is 35.7 Å². The molecule has 0 aromatic carbocycles. The Morgan fingerprint density at radius 1 is 1.36 bits per heavy atom. The number of amides is 1. The van der Waals surface area contributed by atoms with Gasteiger partial charge in [0.25, 0.3) is 0 Å². The van der Waals surface area contributed by atoms with Crippen LogP contribution in [0.25, 0.3) is 0 Å². The van der Waals surface area contributed by atoms with Crippen molar-refractivity contribution in [2.75, 3.05) is 0 Å². The van der Waals surface area contributed by atoms with E-state index in [0.717, 1.165) is 37.9 Å². The van der Waals surface area contributed by atoms with Crippen molar-refractivity contribution < 1.29 is 9.90 Å². The molecule has 2 aromatic heterocycles. The van der Waals surface area contributed by atoms with Crippen molar-refractivity contribution in [2.45, 2.75) is 63.1 Å². The van der Waals surface area contributed by atoms with E-state index in [-0.39, 0.29) is 18.6 Å². The Hall–Kier alpha value is -2.15. The van der Waals surface area contributed by atoms with Gasteiger partial charge in [-0.1, -0.05) is 0 Å². The molecule has 2 saturated carbocycles. The first kappa shape index (κ1) is 16.3. The van der Waals surface area contributed by atoms with Crippen LogP contribution in [-0.4, -0.2) is 36.4 Å². The minimum Gasteiger partial charge on any atom is -0.388 e. The molecular formula is C18H25N5O2. The summed E-state index contributed by atoms with van der Waals surface area (Å²) >= 11 is 0. The van der Waals surface area contributed by atoms with E-state index in [9.17, 15) is 9.90 Å². The molecule has 0 bridgehead atoms. The number of nitrogens with zero attached hydrogens (tertiary/aromatic N) is 4. The number of nitrogens with one attached hydrogen (secondary N) is 1. The number of hydrogen-bond donors (Lipinski definition) is 2. The molecule has 0 atom stereocenters. The number of aromatic nitrogens is 4. The first-order chi connectivity index (χ1) is 12.2. The van der Waals surface area contributed by atoms with Gasteiger partial charge in [0.2, 0.25) is 5.91 Å². The van der Waals surface area contributed by atoms with Crippen LogP contribution in [0.4, 0.5) is 0 Å². The maximum Gasteiger partial charge on any atom is 0.220 e. The van der Waals surface area contributed by atoms with Crippen molar-refractivity contribution >= 4 is 5.91 Å². The molecule has 0 spiro atoms. The van der Waals surface area contributed by atoms with Gasteiger partial charge in [-0.05, 0) is 44.2 Å². The van der Waals surface area contributed by atoms with Gasteiger partial charge >= 0.3 is 0 Å². The second-order valence-corrected chi connectivity index (χ2v) is 7.28. The fourth-order valence-corrected chi connectivity index (χ4v) is 3.70. The molecular weight excluding hydrogens is 318 g/mol. The van der Waals surface area contributed by atoms with Gasteiger partial charge in [0.15, 0.2) is 5.82 Å². The Morgan fingerprint density at radius 2 is 2.16 bits per heavy atom. The number of aliphatic hydroxyl groups excluding tert-OH is 1. The van der Waals surface area contributed by atoms with Crippen LogP contribution in [0.5, 0.6) is 0 Å². The third kappa shape index (κ3) is 3.33. The van der Waals surface area contributed by atoms with Crippen molar-refractivity contribution in [3.8, 4) is 0 Å². The molecule has 0 radical (unpaired) electrons. The van der Waals surface area contributed by atoms with E-state index in [1.165, 1.54) is 5.69 Å². The van der Waals surface area contributed by atoms with Gasteiger partial charge < -0.3 is 19.6 Å². The molecule has 7 nitrogen and oxygen atoms in total. The van der Waals surface area contributed by atoms with Gasteiger partial charge in [-0.15, -0.1) is 10.2 Å². The molecule has 25 heavy (non-hydrogen) atoms. The van der Waals surface area contributed by atoms with Crippen molar-refractivity contribution in [2.24, 2.45) is 7.05 Å². The van der Waals surface area contributed by atoms with Crippen molar-refractivity contribution in [1.29, 1.82) is 0 Å². The minimum atomic E-state index is -0.0600. The monoisotopic (exact) mass is 343 g/mol. The van der Waals surface area contributed by atoms with Gasteiger partial charge in [0.1, 0.15) is 12.4 Å². The number of aliphatic hydroxyl groups is 1. The molecule has 2 fully saturated rings. The number of aryl methyl sites for hydroxylation is 2. The highest BCUT2D eigenvalue weighted by molar-refractivity contribution is 5.76. The van der Waals surface area contributed by atoms with Crippen molar-refractivity contribution in [1.82, 2.24) is 24.6 Å². The fourth-order valence-electron chi connectivity index (χ4n) is 3.70. The summed E-state index contributed by atoms with van der Waals surface area (Å²) in [6.45, 7) is -0.0600. The van der Waals surface area contributed by atoms with Gasteiger partial charge in [-0.3, -0.25) is 4.79 Å². The normalized spacial score (nSPS) is 22.6. The van der Waals surface area contributed by atoms with Crippen LogP contribution >= 0.6 is 0 Å². The van der Waals surface area contributed by atoms with Crippen LogP contribution in [0.3, 0.4) is 0 Å². The van der Waals surface area contributed by atoms with Crippen LogP contribution in [0.1, 0.15) is 61.4 Å². The van der Waals surface area contributed by atoms with Crippen LogP contribution in [0.2, 0.25) is 0 Å². The lowest BCUT2D eigenvalue weighted by Crippen LogP contribution is -2.44. The van der Waals surface area contributed by atoms with Gasteiger partial charge in [-0.2, -0.15) is 0 Å². The van der Waals surface area contributed by atoms with E-state index in [2.05, 4.69) is 30.7 Å². The number of hydrogen-bond acceptors (Lipinski definition) is 4. The molecule has 2 N–H and O–H groups in total. The Bertz CT molecular complexity index is 755. The van der Waals surface area contributed by atoms with E-state index in [4.69, 9.17) is 0 Å². The molecule has 2 aromatic rings. The molecule has 0 aliphatic heterocycles. The van der Waals surface area contributed by atoms with Crippen molar-refractivity contribution in [3.63, 3.8) is 0 Å². The second-order valence-electron chi connectivity index (χ2n) is 7.28. The molecule has 7 heteroatoms. The van der Waals surface area contributed by atoms with Crippen LogP contribution < -0.4 is 5.32 Å². The highest BCUT2D eigenvalue weighted by Crippen LogP contribution is 2.42. The largest absolute Gasteiger partial charge is 0.388 e. The molecule has 0 saturated heterocycles. The Morgan fingerprint density at radius 3 is 2.80 bits per heavy atom. The molecule has 1 amide bonds. The summed E-state index contributed by atoms with van der Waals surface area (Å²) in [5.74, 6) is 2.12. The Balaban J connectivity index is 1.27. The average Bonchev–Trinajstić information content (AvgIpc) is 3.19. The van der Waals surface area contributed by atoms with Crippen LogP contribution in [0, 0.1) is 0 Å². The molecule has 2 aliphatic carbocycles. The number of carbonyl (C=O) groups is 1. The van der Waals surface area contributed by atoms with E-state index >= 15 is 0 Å².